The van der Waals surface area contributed by atoms with Gasteiger partial charge in [0.05, 0.1) is 25.9 Å². The zero-order valence-electron chi connectivity index (χ0n) is 8.48. The molecule has 0 spiro atoms. The Morgan fingerprint density at radius 1 is 1.27 bits per heavy atom. The van der Waals surface area contributed by atoms with Gasteiger partial charge in [0.1, 0.15) is 0 Å². The Hall–Kier alpha value is -1.26. The van der Waals surface area contributed by atoms with Crippen molar-refractivity contribution in [1.82, 2.24) is 0 Å². The summed E-state index contributed by atoms with van der Waals surface area (Å²) in [6.07, 6.45) is 0.885. The van der Waals surface area contributed by atoms with E-state index < -0.39 is 0 Å². The Morgan fingerprint density at radius 3 is 2.73 bits per heavy atom. The third-order valence-corrected chi connectivity index (χ3v) is 2.40. The minimum absolute atomic E-state index is 0.0698. The zero-order valence-corrected chi connectivity index (χ0v) is 8.48. The minimum Gasteiger partial charge on any atom is -0.490 e. The van der Waals surface area contributed by atoms with Gasteiger partial charge in [-0.05, 0) is 17.7 Å². The maximum Gasteiger partial charge on any atom is 0.161 e. The second-order valence-electron chi connectivity index (χ2n) is 3.55. The van der Waals surface area contributed by atoms with Crippen LogP contribution < -0.4 is 15.2 Å². The van der Waals surface area contributed by atoms with Crippen LogP contribution in [0.4, 0.5) is 0 Å². The smallest absolute Gasteiger partial charge is 0.161 e. The number of ether oxygens (including phenoxy) is 2. The third kappa shape index (κ3) is 2.22. The molecule has 1 aliphatic rings. The molecular weight excluding hydrogens is 194 g/mol. The minimum atomic E-state index is -0.359. The second kappa shape index (κ2) is 4.51. The summed E-state index contributed by atoms with van der Waals surface area (Å²) in [7, 11) is 0. The number of hydrogen-bond acceptors (Lipinski definition) is 4. The molecule has 0 radical (unpaired) electrons. The van der Waals surface area contributed by atoms with Gasteiger partial charge in [0.2, 0.25) is 0 Å². The van der Waals surface area contributed by atoms with Crippen molar-refractivity contribution in [2.45, 2.75) is 12.5 Å². The molecule has 0 saturated heterocycles. The molecule has 0 bridgehead atoms. The highest BCUT2D eigenvalue weighted by molar-refractivity contribution is 5.44. The molecule has 82 valence electrons. The zero-order chi connectivity index (χ0) is 10.7. The topological polar surface area (TPSA) is 64.7 Å². The van der Waals surface area contributed by atoms with E-state index in [-0.39, 0.29) is 12.6 Å². The van der Waals surface area contributed by atoms with Crippen LogP contribution >= 0.6 is 0 Å². The number of fused-ring (bicyclic) bond motifs is 1. The molecule has 0 fully saturated rings. The molecule has 2 rings (SSSR count). The van der Waals surface area contributed by atoms with Crippen LogP contribution in [0.5, 0.6) is 11.5 Å². The number of aliphatic hydroxyl groups excluding tert-OH is 1. The molecule has 4 nitrogen and oxygen atoms in total. The van der Waals surface area contributed by atoms with Crippen molar-refractivity contribution in [3.8, 4) is 11.5 Å². The molecule has 4 heteroatoms. The SMILES string of the molecule is NC(CO)c1ccc2c(c1)OCCCO2. The predicted molar refractivity (Wildman–Crippen MR) is 56.1 cm³/mol. The van der Waals surface area contributed by atoms with Crippen LogP contribution in [0.15, 0.2) is 18.2 Å². The third-order valence-electron chi connectivity index (χ3n) is 2.40. The first-order chi connectivity index (χ1) is 7.31. The number of aliphatic hydroxyl groups is 1. The van der Waals surface area contributed by atoms with Crippen LogP contribution in [0.2, 0.25) is 0 Å². The fraction of sp³-hybridized carbons (Fsp3) is 0.455. The highest BCUT2D eigenvalue weighted by atomic mass is 16.5. The Bertz CT molecular complexity index is 341. The summed E-state index contributed by atoms with van der Waals surface area (Å²) >= 11 is 0. The highest BCUT2D eigenvalue weighted by Gasteiger charge is 2.13. The second-order valence-corrected chi connectivity index (χ2v) is 3.55. The van der Waals surface area contributed by atoms with Gasteiger partial charge in [-0.2, -0.15) is 0 Å². The van der Waals surface area contributed by atoms with E-state index in [1.165, 1.54) is 0 Å². The van der Waals surface area contributed by atoms with Crippen molar-refractivity contribution in [2.75, 3.05) is 19.8 Å². The van der Waals surface area contributed by atoms with Gasteiger partial charge in [-0.3, -0.25) is 0 Å². The Balaban J connectivity index is 2.27. The average Bonchev–Trinajstić information content (AvgIpc) is 2.51. The van der Waals surface area contributed by atoms with E-state index in [1.54, 1.807) is 0 Å². The van der Waals surface area contributed by atoms with E-state index in [2.05, 4.69) is 0 Å². The number of nitrogens with two attached hydrogens (primary N) is 1. The van der Waals surface area contributed by atoms with Crippen molar-refractivity contribution in [3.05, 3.63) is 23.8 Å². The molecule has 1 atom stereocenters. The molecule has 3 N–H and O–H groups in total. The lowest BCUT2D eigenvalue weighted by Crippen LogP contribution is -2.14. The molecular formula is C11H15NO3. The van der Waals surface area contributed by atoms with Crippen molar-refractivity contribution < 1.29 is 14.6 Å². The predicted octanol–water partition coefficient (Wildman–Crippen LogP) is 0.840. The van der Waals surface area contributed by atoms with Crippen molar-refractivity contribution in [2.24, 2.45) is 5.73 Å². The average molecular weight is 209 g/mol. The van der Waals surface area contributed by atoms with Gasteiger partial charge in [0.25, 0.3) is 0 Å². The quantitative estimate of drug-likeness (QED) is 0.757. The molecule has 0 saturated carbocycles. The Labute approximate surface area is 88.6 Å². The lowest BCUT2D eigenvalue weighted by atomic mass is 10.1. The highest BCUT2D eigenvalue weighted by Crippen LogP contribution is 2.31. The summed E-state index contributed by atoms with van der Waals surface area (Å²) in [6, 6.07) is 5.17. The van der Waals surface area contributed by atoms with E-state index >= 15 is 0 Å². The molecule has 1 aliphatic heterocycles. The van der Waals surface area contributed by atoms with Gasteiger partial charge in [-0.25, -0.2) is 0 Å². The summed E-state index contributed by atoms with van der Waals surface area (Å²) < 4.78 is 11.0. The summed E-state index contributed by atoms with van der Waals surface area (Å²) in [5.41, 5.74) is 6.58. The maximum absolute atomic E-state index is 8.95. The number of rotatable bonds is 2. The Kier molecular flexibility index (Phi) is 3.08. The normalized spacial score (nSPS) is 16.9. The summed E-state index contributed by atoms with van der Waals surface area (Å²) in [4.78, 5) is 0. The lowest BCUT2D eigenvalue weighted by molar-refractivity contribution is 0.267. The molecule has 1 aromatic carbocycles. The van der Waals surface area contributed by atoms with Gasteiger partial charge >= 0.3 is 0 Å². The molecule has 1 aromatic rings. The standard InChI is InChI=1S/C11H15NO3/c12-9(7-13)8-2-3-10-11(6-8)15-5-1-4-14-10/h2-3,6,9,13H,1,4-5,7,12H2. The molecule has 1 heterocycles. The van der Waals surface area contributed by atoms with E-state index in [0.717, 1.165) is 17.7 Å². The monoisotopic (exact) mass is 209 g/mol. The first-order valence-corrected chi connectivity index (χ1v) is 5.07. The van der Waals surface area contributed by atoms with Crippen LogP contribution in [0, 0.1) is 0 Å². The number of hydrogen-bond donors (Lipinski definition) is 2. The van der Waals surface area contributed by atoms with E-state index in [0.29, 0.717) is 19.0 Å². The van der Waals surface area contributed by atoms with Crippen molar-refractivity contribution >= 4 is 0 Å². The first kappa shape index (κ1) is 10.3. The van der Waals surface area contributed by atoms with Crippen molar-refractivity contribution in [1.29, 1.82) is 0 Å². The van der Waals surface area contributed by atoms with Gasteiger partial charge < -0.3 is 20.3 Å². The first-order valence-electron chi connectivity index (χ1n) is 5.07. The van der Waals surface area contributed by atoms with Gasteiger partial charge in [0.15, 0.2) is 11.5 Å². The van der Waals surface area contributed by atoms with Gasteiger partial charge in [-0.15, -0.1) is 0 Å². The Morgan fingerprint density at radius 2 is 2.00 bits per heavy atom. The van der Waals surface area contributed by atoms with Crippen molar-refractivity contribution in [3.63, 3.8) is 0 Å². The van der Waals surface area contributed by atoms with E-state index in [9.17, 15) is 0 Å². The maximum atomic E-state index is 8.95. The summed E-state index contributed by atoms with van der Waals surface area (Å²) in [5, 5.41) is 8.95. The largest absolute Gasteiger partial charge is 0.490 e. The molecule has 0 aromatic heterocycles. The molecule has 0 amide bonds. The van der Waals surface area contributed by atoms with E-state index in [4.69, 9.17) is 20.3 Å². The van der Waals surface area contributed by atoms with Crippen LogP contribution in [0.3, 0.4) is 0 Å². The van der Waals surface area contributed by atoms with Crippen LogP contribution in [0.1, 0.15) is 18.0 Å². The fourth-order valence-corrected chi connectivity index (χ4v) is 1.52. The molecule has 15 heavy (non-hydrogen) atoms. The van der Waals surface area contributed by atoms with Gasteiger partial charge in [0, 0.05) is 6.42 Å². The van der Waals surface area contributed by atoms with Crippen LogP contribution in [-0.2, 0) is 0 Å². The fourth-order valence-electron chi connectivity index (χ4n) is 1.52. The van der Waals surface area contributed by atoms with Crippen LogP contribution in [-0.4, -0.2) is 24.9 Å². The lowest BCUT2D eigenvalue weighted by Gasteiger charge is -2.12. The van der Waals surface area contributed by atoms with Gasteiger partial charge in [-0.1, -0.05) is 6.07 Å². The van der Waals surface area contributed by atoms with Crippen LogP contribution in [0.25, 0.3) is 0 Å². The van der Waals surface area contributed by atoms with E-state index in [1.807, 2.05) is 18.2 Å². The molecule has 0 aliphatic carbocycles. The number of benzene rings is 1. The summed E-state index contributed by atoms with van der Waals surface area (Å²) in [5.74, 6) is 1.47. The molecule has 1 unspecified atom stereocenters. The summed E-state index contributed by atoms with van der Waals surface area (Å²) in [6.45, 7) is 1.27.